The van der Waals surface area contributed by atoms with Crippen LogP contribution in [-0.2, 0) is 16.1 Å². The minimum Gasteiger partial charge on any atom is -0.466 e. The lowest BCUT2D eigenvalue weighted by molar-refractivity contribution is -0.155. The number of likely N-dealkylation sites (tertiary alicyclic amines) is 1. The maximum atomic E-state index is 11.8. The second kappa shape index (κ2) is 6.68. The number of carbonyl (C=O) groups is 1. The molecular weight excluding hydrogens is 242 g/mol. The van der Waals surface area contributed by atoms with Gasteiger partial charge in [-0.05, 0) is 18.9 Å². The van der Waals surface area contributed by atoms with E-state index < -0.39 is 12.0 Å². The van der Waals surface area contributed by atoms with Gasteiger partial charge in [0.2, 0.25) is 0 Å². The van der Waals surface area contributed by atoms with E-state index in [1.165, 1.54) is 5.56 Å². The van der Waals surface area contributed by atoms with Gasteiger partial charge in [-0.1, -0.05) is 30.3 Å². The van der Waals surface area contributed by atoms with Crippen LogP contribution in [0.5, 0.6) is 0 Å². The fourth-order valence-corrected chi connectivity index (χ4v) is 2.47. The van der Waals surface area contributed by atoms with E-state index in [0.29, 0.717) is 19.6 Å². The molecule has 0 amide bonds. The molecule has 2 rings (SSSR count). The number of benzene rings is 1. The highest BCUT2D eigenvalue weighted by Gasteiger charge is 2.34. The van der Waals surface area contributed by atoms with Crippen LogP contribution in [0.1, 0.15) is 18.9 Å². The highest BCUT2D eigenvalue weighted by molar-refractivity contribution is 5.73. The average Bonchev–Trinajstić information content (AvgIpc) is 2.42. The number of piperidine rings is 1. The molecule has 104 valence electrons. The molecule has 0 aliphatic carbocycles. The van der Waals surface area contributed by atoms with E-state index >= 15 is 0 Å². The van der Waals surface area contributed by atoms with Gasteiger partial charge < -0.3 is 9.84 Å². The van der Waals surface area contributed by atoms with Gasteiger partial charge in [-0.25, -0.2) is 0 Å². The van der Waals surface area contributed by atoms with Crippen molar-refractivity contribution in [2.24, 2.45) is 5.92 Å². The van der Waals surface area contributed by atoms with Gasteiger partial charge in [0.15, 0.2) is 0 Å². The van der Waals surface area contributed by atoms with Crippen LogP contribution >= 0.6 is 0 Å². The molecule has 2 atom stereocenters. The third-order valence-corrected chi connectivity index (χ3v) is 3.50. The van der Waals surface area contributed by atoms with Crippen molar-refractivity contribution in [3.8, 4) is 0 Å². The first-order chi connectivity index (χ1) is 9.20. The molecule has 4 heteroatoms. The van der Waals surface area contributed by atoms with Gasteiger partial charge in [0, 0.05) is 19.6 Å². The zero-order chi connectivity index (χ0) is 13.7. The number of esters is 1. The van der Waals surface area contributed by atoms with Gasteiger partial charge in [0.25, 0.3) is 0 Å². The summed E-state index contributed by atoms with van der Waals surface area (Å²) in [4.78, 5) is 14.0. The van der Waals surface area contributed by atoms with Crippen molar-refractivity contribution in [3.63, 3.8) is 0 Å². The van der Waals surface area contributed by atoms with E-state index in [1.54, 1.807) is 6.92 Å². The molecule has 4 nitrogen and oxygen atoms in total. The number of aliphatic hydroxyl groups is 1. The molecule has 1 aliphatic heterocycles. The Kier molecular flexibility index (Phi) is 4.93. The summed E-state index contributed by atoms with van der Waals surface area (Å²) in [5.74, 6) is -0.704. The Morgan fingerprint density at radius 1 is 1.42 bits per heavy atom. The van der Waals surface area contributed by atoms with Crippen LogP contribution in [0, 0.1) is 5.92 Å². The van der Waals surface area contributed by atoms with E-state index in [-0.39, 0.29) is 5.97 Å². The summed E-state index contributed by atoms with van der Waals surface area (Å²) < 4.78 is 5.02. The second-order valence-electron chi connectivity index (χ2n) is 4.94. The predicted octanol–water partition coefficient (Wildman–Crippen LogP) is 1.43. The molecule has 1 saturated heterocycles. The lowest BCUT2D eigenvalue weighted by atomic mass is 9.94. The fraction of sp³-hybridized carbons (Fsp3) is 0.533. The lowest BCUT2D eigenvalue weighted by Crippen LogP contribution is -2.46. The zero-order valence-electron chi connectivity index (χ0n) is 11.3. The Morgan fingerprint density at radius 2 is 2.16 bits per heavy atom. The summed E-state index contributed by atoms with van der Waals surface area (Å²) in [6.07, 6.45) is 0.0436. The number of rotatable bonds is 4. The quantitative estimate of drug-likeness (QED) is 0.835. The van der Waals surface area contributed by atoms with Crippen molar-refractivity contribution in [1.82, 2.24) is 4.90 Å². The van der Waals surface area contributed by atoms with E-state index in [1.807, 2.05) is 18.2 Å². The maximum Gasteiger partial charge on any atom is 0.312 e. The third kappa shape index (κ3) is 3.78. The van der Waals surface area contributed by atoms with Crippen molar-refractivity contribution in [1.29, 1.82) is 0 Å². The first-order valence-corrected chi connectivity index (χ1v) is 6.81. The molecular formula is C15H21NO3. The summed E-state index contributed by atoms with van der Waals surface area (Å²) in [5, 5.41) is 9.92. The van der Waals surface area contributed by atoms with E-state index in [2.05, 4.69) is 17.0 Å². The molecule has 0 saturated carbocycles. The van der Waals surface area contributed by atoms with Crippen LogP contribution in [0.25, 0.3) is 0 Å². The fourth-order valence-electron chi connectivity index (χ4n) is 2.47. The van der Waals surface area contributed by atoms with Crippen LogP contribution in [-0.4, -0.2) is 41.8 Å². The summed E-state index contributed by atoms with van der Waals surface area (Å²) in [7, 11) is 0. The standard InChI is InChI=1S/C15H21NO3/c1-2-19-15(18)13-11-16(9-8-14(13)17)10-12-6-4-3-5-7-12/h3-7,13-14,17H,2,8-11H2,1H3/t13-,14+/m0/s1. The Morgan fingerprint density at radius 3 is 2.84 bits per heavy atom. The van der Waals surface area contributed by atoms with Gasteiger partial charge in [0.05, 0.1) is 18.6 Å². The SMILES string of the molecule is CCOC(=O)[C@H]1CN(Cc2ccccc2)CC[C@H]1O. The first-order valence-electron chi connectivity index (χ1n) is 6.81. The molecule has 0 unspecified atom stereocenters. The summed E-state index contributed by atoms with van der Waals surface area (Å²) in [6.45, 7) is 4.33. The number of nitrogens with zero attached hydrogens (tertiary/aromatic N) is 1. The highest BCUT2D eigenvalue weighted by atomic mass is 16.5. The summed E-state index contributed by atoms with van der Waals surface area (Å²) in [5.41, 5.74) is 1.22. The van der Waals surface area contributed by atoms with E-state index in [4.69, 9.17) is 4.74 Å². The van der Waals surface area contributed by atoms with Crippen molar-refractivity contribution in [2.75, 3.05) is 19.7 Å². The molecule has 0 bridgehead atoms. The molecule has 1 heterocycles. The van der Waals surface area contributed by atoms with Gasteiger partial charge >= 0.3 is 5.97 Å². The van der Waals surface area contributed by atoms with E-state index in [0.717, 1.165) is 13.1 Å². The average molecular weight is 263 g/mol. The second-order valence-corrected chi connectivity index (χ2v) is 4.94. The number of hydrogen-bond donors (Lipinski definition) is 1. The molecule has 1 fully saturated rings. The normalized spacial score (nSPS) is 24.1. The largest absolute Gasteiger partial charge is 0.466 e. The Hall–Kier alpha value is -1.39. The third-order valence-electron chi connectivity index (χ3n) is 3.50. The molecule has 0 radical (unpaired) electrons. The topological polar surface area (TPSA) is 49.8 Å². The van der Waals surface area contributed by atoms with Gasteiger partial charge in [-0.3, -0.25) is 9.69 Å². The first kappa shape index (κ1) is 14.0. The molecule has 1 N–H and O–H groups in total. The number of ether oxygens (including phenoxy) is 1. The number of aliphatic hydroxyl groups excluding tert-OH is 1. The highest BCUT2D eigenvalue weighted by Crippen LogP contribution is 2.20. The van der Waals surface area contributed by atoms with Crippen molar-refractivity contribution < 1.29 is 14.6 Å². The Bertz CT molecular complexity index is 407. The molecule has 1 aliphatic rings. The van der Waals surface area contributed by atoms with Crippen LogP contribution in [0.2, 0.25) is 0 Å². The monoisotopic (exact) mass is 263 g/mol. The Balaban J connectivity index is 1.95. The molecule has 19 heavy (non-hydrogen) atoms. The molecule has 1 aromatic carbocycles. The van der Waals surface area contributed by atoms with Crippen LogP contribution < -0.4 is 0 Å². The van der Waals surface area contributed by atoms with Gasteiger partial charge in [0.1, 0.15) is 0 Å². The molecule has 1 aromatic rings. The summed E-state index contributed by atoms with van der Waals surface area (Å²) in [6, 6.07) is 10.2. The van der Waals surface area contributed by atoms with Crippen molar-refractivity contribution >= 4 is 5.97 Å². The number of hydrogen-bond acceptors (Lipinski definition) is 4. The van der Waals surface area contributed by atoms with Crippen LogP contribution in [0.3, 0.4) is 0 Å². The Labute approximate surface area is 114 Å². The van der Waals surface area contributed by atoms with Crippen molar-refractivity contribution in [2.45, 2.75) is 26.0 Å². The zero-order valence-corrected chi connectivity index (χ0v) is 11.3. The predicted molar refractivity (Wildman–Crippen MR) is 72.5 cm³/mol. The minimum absolute atomic E-state index is 0.284. The molecule has 0 spiro atoms. The van der Waals surface area contributed by atoms with Crippen molar-refractivity contribution in [3.05, 3.63) is 35.9 Å². The number of carbonyl (C=O) groups excluding carboxylic acids is 1. The minimum atomic E-state index is -0.578. The van der Waals surface area contributed by atoms with Gasteiger partial charge in [-0.15, -0.1) is 0 Å². The smallest absolute Gasteiger partial charge is 0.312 e. The van der Waals surface area contributed by atoms with Crippen LogP contribution in [0.4, 0.5) is 0 Å². The summed E-state index contributed by atoms with van der Waals surface area (Å²) >= 11 is 0. The maximum absolute atomic E-state index is 11.8. The van der Waals surface area contributed by atoms with Gasteiger partial charge in [-0.2, -0.15) is 0 Å². The van der Waals surface area contributed by atoms with Crippen LogP contribution in [0.15, 0.2) is 30.3 Å². The molecule has 0 aromatic heterocycles. The lowest BCUT2D eigenvalue weighted by Gasteiger charge is -2.34. The van der Waals surface area contributed by atoms with E-state index in [9.17, 15) is 9.90 Å².